The molecule has 5 rings (SSSR count). The fraction of sp³-hybridized carbons (Fsp3) is 0.750. The summed E-state index contributed by atoms with van der Waals surface area (Å²) in [6, 6.07) is 9.50. The molecule has 0 spiro atoms. The lowest BCUT2D eigenvalue weighted by atomic mass is 9.47. The topological polar surface area (TPSA) is 26.3 Å². The average Bonchev–Trinajstić information content (AvgIpc) is 3.26. The van der Waals surface area contributed by atoms with E-state index in [4.69, 9.17) is 4.74 Å². The van der Waals surface area contributed by atoms with Crippen molar-refractivity contribution >= 4 is 5.97 Å². The number of rotatable bonds is 8. The Labute approximate surface area is 233 Å². The standard InChI is InChI=1S/C36H54O2/c1-7-26(24(2)3)14-13-25(4)31-17-18-32-30-16-15-28-23-29(38-34(37)27-11-9-8-10-12-27)19-21-35(28,5)33(30)20-22-36(31,32)6/h8-12,15,24-26,29-33H,7,13-14,16-23H2,1-6H3/t25-,26-,29-,30-,31+,32-,33-,35-,36+/m0/s1. The van der Waals surface area contributed by atoms with Gasteiger partial charge in [-0.15, -0.1) is 0 Å². The van der Waals surface area contributed by atoms with Crippen LogP contribution in [0.4, 0.5) is 0 Å². The van der Waals surface area contributed by atoms with E-state index in [-0.39, 0.29) is 12.1 Å². The van der Waals surface area contributed by atoms with Gasteiger partial charge in [-0.1, -0.05) is 84.2 Å². The fourth-order valence-corrected chi connectivity index (χ4v) is 10.2. The van der Waals surface area contributed by atoms with Gasteiger partial charge in [0.15, 0.2) is 0 Å². The van der Waals surface area contributed by atoms with Gasteiger partial charge in [0.25, 0.3) is 0 Å². The van der Waals surface area contributed by atoms with Crippen LogP contribution in [0.15, 0.2) is 42.0 Å². The van der Waals surface area contributed by atoms with Gasteiger partial charge in [0, 0.05) is 6.42 Å². The maximum Gasteiger partial charge on any atom is 0.338 e. The molecule has 0 aromatic heterocycles. The first kappa shape index (κ1) is 28.0. The van der Waals surface area contributed by atoms with Crippen molar-refractivity contribution in [2.24, 2.45) is 52.3 Å². The smallest absolute Gasteiger partial charge is 0.338 e. The Morgan fingerprint density at radius 3 is 2.45 bits per heavy atom. The summed E-state index contributed by atoms with van der Waals surface area (Å²) in [4.78, 5) is 12.7. The first-order chi connectivity index (χ1) is 18.2. The largest absolute Gasteiger partial charge is 0.458 e. The van der Waals surface area contributed by atoms with Gasteiger partial charge in [-0.05, 0) is 116 Å². The number of fused-ring (bicyclic) bond motifs is 5. The minimum Gasteiger partial charge on any atom is -0.458 e. The van der Waals surface area contributed by atoms with Gasteiger partial charge in [0.2, 0.25) is 0 Å². The lowest BCUT2D eigenvalue weighted by molar-refractivity contribution is -0.0596. The third kappa shape index (κ3) is 5.03. The maximum atomic E-state index is 12.7. The molecule has 1 aromatic rings. The number of allylic oxidation sites excluding steroid dienone is 1. The lowest BCUT2D eigenvalue weighted by Crippen LogP contribution is -2.51. The molecule has 3 fully saturated rings. The highest BCUT2D eigenvalue weighted by atomic mass is 16.5. The van der Waals surface area contributed by atoms with Gasteiger partial charge in [-0.2, -0.15) is 0 Å². The lowest BCUT2D eigenvalue weighted by Gasteiger charge is -2.58. The Bertz CT molecular complexity index is 994. The molecule has 0 N–H and O–H groups in total. The van der Waals surface area contributed by atoms with Crippen LogP contribution >= 0.6 is 0 Å². The molecule has 4 aliphatic rings. The van der Waals surface area contributed by atoms with E-state index in [1.807, 2.05) is 30.3 Å². The summed E-state index contributed by atoms with van der Waals surface area (Å²) in [7, 11) is 0. The van der Waals surface area contributed by atoms with Crippen LogP contribution in [0.1, 0.15) is 123 Å². The van der Waals surface area contributed by atoms with Gasteiger partial charge in [-0.25, -0.2) is 4.79 Å². The zero-order valence-corrected chi connectivity index (χ0v) is 25.2. The number of ether oxygens (including phenoxy) is 1. The third-order valence-corrected chi connectivity index (χ3v) is 12.6. The Morgan fingerprint density at radius 2 is 1.74 bits per heavy atom. The number of esters is 1. The van der Waals surface area contributed by atoms with Crippen LogP contribution in [-0.2, 0) is 4.74 Å². The molecule has 0 saturated heterocycles. The summed E-state index contributed by atoms with van der Waals surface area (Å²) in [5, 5.41) is 0. The van der Waals surface area contributed by atoms with Crippen molar-refractivity contribution in [3.05, 3.63) is 47.5 Å². The van der Waals surface area contributed by atoms with E-state index in [0.717, 1.165) is 54.3 Å². The van der Waals surface area contributed by atoms with Crippen LogP contribution in [0.25, 0.3) is 0 Å². The quantitative estimate of drug-likeness (QED) is 0.253. The van der Waals surface area contributed by atoms with Gasteiger partial charge < -0.3 is 4.74 Å². The van der Waals surface area contributed by atoms with Crippen molar-refractivity contribution in [3.8, 4) is 0 Å². The first-order valence-corrected chi connectivity index (χ1v) is 16.1. The van der Waals surface area contributed by atoms with Crippen LogP contribution in [0.3, 0.4) is 0 Å². The zero-order valence-electron chi connectivity index (χ0n) is 25.2. The highest BCUT2D eigenvalue weighted by Gasteiger charge is 2.59. The predicted octanol–water partition coefficient (Wildman–Crippen LogP) is 9.89. The summed E-state index contributed by atoms with van der Waals surface area (Å²) < 4.78 is 6.02. The van der Waals surface area contributed by atoms with Crippen molar-refractivity contribution in [2.45, 2.75) is 118 Å². The van der Waals surface area contributed by atoms with Crippen molar-refractivity contribution in [1.82, 2.24) is 0 Å². The Hall–Kier alpha value is -1.57. The molecule has 3 saturated carbocycles. The van der Waals surface area contributed by atoms with Crippen molar-refractivity contribution in [1.29, 1.82) is 0 Å². The second kappa shape index (κ2) is 11.1. The molecule has 210 valence electrons. The molecule has 9 atom stereocenters. The molecule has 4 aliphatic carbocycles. The predicted molar refractivity (Wildman–Crippen MR) is 158 cm³/mol. The van der Waals surface area contributed by atoms with Crippen LogP contribution < -0.4 is 0 Å². The van der Waals surface area contributed by atoms with Crippen LogP contribution in [0.5, 0.6) is 0 Å². The third-order valence-electron chi connectivity index (χ3n) is 12.6. The molecule has 38 heavy (non-hydrogen) atoms. The van der Waals surface area contributed by atoms with E-state index in [0.29, 0.717) is 16.4 Å². The SMILES string of the molecule is CC[C@@H](CC[C@H](C)[C@H]1CC[C@H]2[C@@H]3CC=C4C[C@@H](OC(=O)c5ccccc5)CC[C@]4(C)[C@H]3CC[C@]12C)C(C)C. The van der Waals surface area contributed by atoms with Crippen molar-refractivity contribution in [3.63, 3.8) is 0 Å². The number of hydrogen-bond donors (Lipinski definition) is 0. The van der Waals surface area contributed by atoms with Crippen LogP contribution in [-0.4, -0.2) is 12.1 Å². The molecule has 0 unspecified atom stereocenters. The number of hydrogen-bond acceptors (Lipinski definition) is 2. The molecule has 0 radical (unpaired) electrons. The molecular weight excluding hydrogens is 464 g/mol. The van der Waals surface area contributed by atoms with E-state index in [2.05, 4.69) is 47.6 Å². The summed E-state index contributed by atoms with van der Waals surface area (Å²) in [5.41, 5.74) is 3.10. The minimum absolute atomic E-state index is 0.0296. The molecule has 0 amide bonds. The Kier molecular flexibility index (Phi) is 8.19. The molecule has 2 heteroatoms. The van der Waals surface area contributed by atoms with E-state index in [1.165, 1.54) is 57.8 Å². The van der Waals surface area contributed by atoms with Gasteiger partial charge in [0.05, 0.1) is 5.56 Å². The number of benzene rings is 1. The highest BCUT2D eigenvalue weighted by Crippen LogP contribution is 2.67. The normalized spacial score (nSPS) is 38.0. The monoisotopic (exact) mass is 518 g/mol. The molecular formula is C36H54O2. The van der Waals surface area contributed by atoms with E-state index in [9.17, 15) is 4.79 Å². The second-order valence-corrected chi connectivity index (χ2v) is 14.6. The highest BCUT2D eigenvalue weighted by molar-refractivity contribution is 5.89. The molecule has 0 bridgehead atoms. The fourth-order valence-electron chi connectivity index (χ4n) is 10.2. The minimum atomic E-state index is -0.160. The zero-order chi connectivity index (χ0) is 27.1. The summed E-state index contributed by atoms with van der Waals surface area (Å²) in [5.74, 6) is 5.86. The Morgan fingerprint density at radius 1 is 0.974 bits per heavy atom. The molecule has 0 heterocycles. The van der Waals surface area contributed by atoms with Crippen molar-refractivity contribution < 1.29 is 9.53 Å². The summed E-state index contributed by atoms with van der Waals surface area (Å²) in [6.07, 6.45) is 16.9. The Balaban J connectivity index is 1.25. The number of carbonyl (C=O) groups is 1. The van der Waals surface area contributed by atoms with Crippen LogP contribution in [0.2, 0.25) is 0 Å². The van der Waals surface area contributed by atoms with E-state index >= 15 is 0 Å². The molecule has 1 aromatic carbocycles. The molecule has 2 nitrogen and oxygen atoms in total. The molecule has 0 aliphatic heterocycles. The van der Waals surface area contributed by atoms with Crippen molar-refractivity contribution in [2.75, 3.05) is 0 Å². The van der Waals surface area contributed by atoms with Crippen LogP contribution in [0, 0.1) is 52.3 Å². The van der Waals surface area contributed by atoms with Gasteiger partial charge >= 0.3 is 5.97 Å². The van der Waals surface area contributed by atoms with E-state index < -0.39 is 0 Å². The first-order valence-electron chi connectivity index (χ1n) is 16.1. The average molecular weight is 519 g/mol. The van der Waals surface area contributed by atoms with Gasteiger partial charge in [-0.3, -0.25) is 0 Å². The summed E-state index contributed by atoms with van der Waals surface area (Å²) >= 11 is 0. The second-order valence-electron chi connectivity index (χ2n) is 14.6. The maximum absolute atomic E-state index is 12.7. The van der Waals surface area contributed by atoms with Gasteiger partial charge in [0.1, 0.15) is 6.10 Å². The number of carbonyl (C=O) groups excluding carboxylic acids is 1. The summed E-state index contributed by atoms with van der Waals surface area (Å²) in [6.45, 7) is 15.1. The van der Waals surface area contributed by atoms with E-state index in [1.54, 1.807) is 5.57 Å².